The maximum Gasteiger partial charge on any atom is 0.142 e. The van der Waals surface area contributed by atoms with Crippen LogP contribution in [0.25, 0.3) is 0 Å². The van der Waals surface area contributed by atoms with E-state index in [4.69, 9.17) is 19.9 Å². The average Bonchev–Trinajstić information content (AvgIpc) is 2.38. The van der Waals surface area contributed by atoms with Crippen molar-refractivity contribution in [2.45, 2.75) is 12.8 Å². The molecule has 4 nitrogen and oxygen atoms in total. The van der Waals surface area contributed by atoms with Crippen molar-refractivity contribution >= 4 is 5.69 Å². The molecule has 0 saturated carbocycles. The van der Waals surface area contributed by atoms with Gasteiger partial charge in [0.25, 0.3) is 0 Å². The van der Waals surface area contributed by atoms with Crippen LogP contribution in [0.5, 0.6) is 11.5 Å². The molecule has 0 aliphatic carbocycles. The minimum absolute atomic E-state index is 0.590. The predicted octanol–water partition coefficient (Wildman–Crippen LogP) is 2.08. The molecule has 2 N–H and O–H groups in total. The van der Waals surface area contributed by atoms with Crippen molar-refractivity contribution in [2.75, 3.05) is 32.7 Å². The number of benzene rings is 1. The highest BCUT2D eigenvalue weighted by Crippen LogP contribution is 2.26. The lowest BCUT2D eigenvalue weighted by Crippen LogP contribution is -2.21. The number of methoxy groups -OCH3 is 1. The number of nitrogen functional groups attached to an aromatic ring is 1. The normalized spacial score (nSPS) is 16.8. The van der Waals surface area contributed by atoms with Gasteiger partial charge in [0.2, 0.25) is 0 Å². The Balaban J connectivity index is 1.87. The van der Waals surface area contributed by atoms with Crippen LogP contribution >= 0.6 is 0 Å². The fourth-order valence-electron chi connectivity index (χ4n) is 1.93. The summed E-state index contributed by atoms with van der Waals surface area (Å²) in [5.74, 6) is 2.07. The van der Waals surface area contributed by atoms with Gasteiger partial charge in [0.15, 0.2) is 0 Å². The van der Waals surface area contributed by atoms with Crippen LogP contribution in [0.1, 0.15) is 12.8 Å². The van der Waals surface area contributed by atoms with Gasteiger partial charge in [0, 0.05) is 19.3 Å². The van der Waals surface area contributed by atoms with Crippen molar-refractivity contribution in [3.05, 3.63) is 18.2 Å². The molecule has 0 spiro atoms. The van der Waals surface area contributed by atoms with E-state index < -0.39 is 0 Å². The van der Waals surface area contributed by atoms with E-state index in [0.717, 1.165) is 38.4 Å². The van der Waals surface area contributed by atoms with Gasteiger partial charge in [0.1, 0.15) is 11.5 Å². The molecule has 0 radical (unpaired) electrons. The summed E-state index contributed by atoms with van der Waals surface area (Å²) in [4.78, 5) is 0. The third-order valence-corrected chi connectivity index (χ3v) is 3.03. The Bertz CT molecular complexity index is 362. The second kappa shape index (κ2) is 5.77. The molecule has 1 aromatic carbocycles. The Morgan fingerprint density at radius 3 is 2.76 bits per heavy atom. The van der Waals surface area contributed by atoms with E-state index in [1.807, 2.05) is 12.1 Å². The summed E-state index contributed by atoms with van der Waals surface area (Å²) < 4.78 is 16.1. The largest absolute Gasteiger partial charge is 0.495 e. The van der Waals surface area contributed by atoms with Gasteiger partial charge >= 0.3 is 0 Å². The summed E-state index contributed by atoms with van der Waals surface area (Å²) in [6.07, 6.45) is 2.15. The van der Waals surface area contributed by atoms with Crippen molar-refractivity contribution in [3.63, 3.8) is 0 Å². The Morgan fingerprint density at radius 1 is 1.35 bits per heavy atom. The van der Waals surface area contributed by atoms with E-state index in [2.05, 4.69) is 0 Å². The van der Waals surface area contributed by atoms with Crippen LogP contribution in [-0.2, 0) is 4.74 Å². The lowest BCUT2D eigenvalue weighted by molar-refractivity contribution is 0.0497. The van der Waals surface area contributed by atoms with Crippen LogP contribution < -0.4 is 15.2 Å². The smallest absolute Gasteiger partial charge is 0.142 e. The lowest BCUT2D eigenvalue weighted by atomic mass is 10.0. The second-order valence-electron chi connectivity index (χ2n) is 4.27. The molecular weight excluding hydrogens is 218 g/mol. The summed E-state index contributed by atoms with van der Waals surface area (Å²) in [6, 6.07) is 5.52. The Labute approximate surface area is 102 Å². The number of hydrogen-bond donors (Lipinski definition) is 1. The van der Waals surface area contributed by atoms with Gasteiger partial charge < -0.3 is 19.9 Å². The number of ether oxygens (including phenoxy) is 3. The Kier molecular flexibility index (Phi) is 4.09. The van der Waals surface area contributed by atoms with E-state index in [1.165, 1.54) is 0 Å². The van der Waals surface area contributed by atoms with Gasteiger partial charge in [-0.15, -0.1) is 0 Å². The summed E-state index contributed by atoms with van der Waals surface area (Å²) >= 11 is 0. The topological polar surface area (TPSA) is 53.7 Å². The van der Waals surface area contributed by atoms with Gasteiger partial charge in [-0.05, 0) is 30.9 Å². The monoisotopic (exact) mass is 237 g/mol. The highest BCUT2D eigenvalue weighted by molar-refractivity contribution is 5.56. The number of anilines is 1. The molecule has 0 unspecified atom stereocenters. The zero-order valence-electron chi connectivity index (χ0n) is 10.1. The molecule has 0 aromatic heterocycles. The molecule has 4 heteroatoms. The van der Waals surface area contributed by atoms with E-state index in [1.54, 1.807) is 13.2 Å². The van der Waals surface area contributed by atoms with Crippen molar-refractivity contribution in [3.8, 4) is 11.5 Å². The molecule has 1 aliphatic heterocycles. The fourth-order valence-corrected chi connectivity index (χ4v) is 1.93. The first-order chi connectivity index (χ1) is 8.29. The zero-order valence-corrected chi connectivity index (χ0v) is 10.1. The van der Waals surface area contributed by atoms with Crippen LogP contribution in [-0.4, -0.2) is 26.9 Å². The van der Waals surface area contributed by atoms with Gasteiger partial charge in [-0.3, -0.25) is 0 Å². The molecule has 1 saturated heterocycles. The maximum absolute atomic E-state index is 5.82. The van der Waals surface area contributed by atoms with Crippen LogP contribution in [0, 0.1) is 5.92 Å². The van der Waals surface area contributed by atoms with Crippen LogP contribution in [0.2, 0.25) is 0 Å². The summed E-state index contributed by atoms with van der Waals surface area (Å²) in [7, 11) is 1.61. The van der Waals surface area contributed by atoms with Crippen molar-refractivity contribution in [1.82, 2.24) is 0 Å². The zero-order chi connectivity index (χ0) is 12.1. The molecule has 0 atom stereocenters. The van der Waals surface area contributed by atoms with Gasteiger partial charge in [0.05, 0.1) is 19.4 Å². The van der Waals surface area contributed by atoms with Gasteiger partial charge in [-0.2, -0.15) is 0 Å². The van der Waals surface area contributed by atoms with E-state index in [0.29, 0.717) is 17.4 Å². The van der Waals surface area contributed by atoms with Crippen molar-refractivity contribution in [1.29, 1.82) is 0 Å². The highest BCUT2D eigenvalue weighted by Gasteiger charge is 2.14. The van der Waals surface area contributed by atoms with E-state index in [-0.39, 0.29) is 0 Å². The van der Waals surface area contributed by atoms with Crippen LogP contribution in [0.3, 0.4) is 0 Å². The molecule has 17 heavy (non-hydrogen) atoms. The Morgan fingerprint density at radius 2 is 2.12 bits per heavy atom. The van der Waals surface area contributed by atoms with Crippen molar-refractivity contribution in [2.24, 2.45) is 5.92 Å². The quantitative estimate of drug-likeness (QED) is 0.815. The predicted molar refractivity (Wildman–Crippen MR) is 66.4 cm³/mol. The SMILES string of the molecule is COc1ccc(OCC2CCOCC2)cc1N. The third-order valence-electron chi connectivity index (χ3n) is 3.03. The van der Waals surface area contributed by atoms with Crippen LogP contribution in [0.4, 0.5) is 5.69 Å². The average molecular weight is 237 g/mol. The standard InChI is InChI=1S/C13H19NO3/c1-15-13-3-2-11(8-12(13)14)17-9-10-4-6-16-7-5-10/h2-3,8,10H,4-7,9,14H2,1H3. The molecule has 0 amide bonds. The minimum atomic E-state index is 0.590. The first-order valence-electron chi connectivity index (χ1n) is 5.93. The molecule has 1 fully saturated rings. The summed E-state index contributed by atoms with van der Waals surface area (Å²) in [5, 5.41) is 0. The van der Waals surface area contributed by atoms with E-state index >= 15 is 0 Å². The van der Waals surface area contributed by atoms with E-state index in [9.17, 15) is 0 Å². The number of rotatable bonds is 4. The Hall–Kier alpha value is -1.42. The fraction of sp³-hybridized carbons (Fsp3) is 0.538. The third kappa shape index (κ3) is 3.27. The molecule has 0 bridgehead atoms. The molecule has 1 aromatic rings. The van der Waals surface area contributed by atoms with Gasteiger partial charge in [-0.25, -0.2) is 0 Å². The maximum atomic E-state index is 5.82. The molecular formula is C13H19NO3. The second-order valence-corrected chi connectivity index (χ2v) is 4.27. The van der Waals surface area contributed by atoms with Crippen LogP contribution in [0.15, 0.2) is 18.2 Å². The number of hydrogen-bond acceptors (Lipinski definition) is 4. The molecule has 1 heterocycles. The summed E-state index contributed by atoms with van der Waals surface area (Å²) in [6.45, 7) is 2.42. The molecule has 1 aliphatic rings. The van der Waals surface area contributed by atoms with Gasteiger partial charge in [-0.1, -0.05) is 0 Å². The summed E-state index contributed by atoms with van der Waals surface area (Å²) in [5.41, 5.74) is 6.42. The van der Waals surface area contributed by atoms with Crippen molar-refractivity contribution < 1.29 is 14.2 Å². The lowest BCUT2D eigenvalue weighted by Gasteiger charge is -2.22. The minimum Gasteiger partial charge on any atom is -0.495 e. The number of nitrogens with two attached hydrogens (primary N) is 1. The first kappa shape index (κ1) is 12.0. The molecule has 2 rings (SSSR count). The molecule has 94 valence electrons. The first-order valence-corrected chi connectivity index (χ1v) is 5.93. The highest BCUT2D eigenvalue weighted by atomic mass is 16.5.